The molecule has 2 aliphatic rings. The highest BCUT2D eigenvalue weighted by atomic mass is 35.5. The molecule has 4 rings (SSSR count). The highest BCUT2D eigenvalue weighted by Gasteiger charge is 2.27. The van der Waals surface area contributed by atoms with Gasteiger partial charge in [0, 0.05) is 25.2 Å². The zero-order valence-electron chi connectivity index (χ0n) is 14.7. The van der Waals surface area contributed by atoms with Crippen LogP contribution in [0.25, 0.3) is 0 Å². The molecule has 1 fully saturated rings. The molecular formula is C18H21ClN6O. The Morgan fingerprint density at radius 1 is 1.19 bits per heavy atom. The molecule has 7 nitrogen and oxygen atoms in total. The predicted octanol–water partition coefficient (Wildman–Crippen LogP) is 3.02. The Morgan fingerprint density at radius 2 is 2.00 bits per heavy atom. The zero-order chi connectivity index (χ0) is 18.1. The number of anilines is 2. The minimum Gasteiger partial charge on any atom is -0.356 e. The van der Waals surface area contributed by atoms with E-state index >= 15 is 0 Å². The third-order valence-electron chi connectivity index (χ3n) is 4.83. The normalized spacial score (nSPS) is 16.5. The smallest absolute Gasteiger partial charge is 0.322 e. The third kappa shape index (κ3) is 3.44. The van der Waals surface area contributed by atoms with Crippen LogP contribution in [0, 0.1) is 6.92 Å². The molecule has 0 radical (unpaired) electrons. The van der Waals surface area contributed by atoms with Gasteiger partial charge in [-0.25, -0.2) is 19.7 Å². The van der Waals surface area contributed by atoms with Crippen LogP contribution in [0.1, 0.15) is 29.9 Å². The summed E-state index contributed by atoms with van der Waals surface area (Å²) in [4.78, 5) is 30.0. The van der Waals surface area contributed by atoms with Crippen LogP contribution in [0.2, 0.25) is 5.15 Å². The van der Waals surface area contributed by atoms with Crippen molar-refractivity contribution in [3.8, 4) is 0 Å². The monoisotopic (exact) mass is 372 g/mol. The summed E-state index contributed by atoms with van der Waals surface area (Å²) in [5, 5.41) is 3.27. The van der Waals surface area contributed by atoms with Gasteiger partial charge in [0.25, 0.3) is 0 Å². The number of nitrogens with one attached hydrogen (secondary N) is 1. The van der Waals surface area contributed by atoms with Crippen LogP contribution >= 0.6 is 11.6 Å². The van der Waals surface area contributed by atoms with E-state index < -0.39 is 0 Å². The molecule has 136 valence electrons. The lowest BCUT2D eigenvalue weighted by molar-refractivity contribution is 0.205. The maximum absolute atomic E-state index is 12.6. The molecule has 0 unspecified atom stereocenters. The van der Waals surface area contributed by atoms with Gasteiger partial charge in [0.15, 0.2) is 0 Å². The summed E-state index contributed by atoms with van der Waals surface area (Å²) in [6.07, 6.45) is 4.74. The Balaban J connectivity index is 1.52. The Bertz CT molecular complexity index is 819. The fraction of sp³-hybridized carbons (Fsp3) is 0.444. The van der Waals surface area contributed by atoms with Crippen molar-refractivity contribution in [3.63, 3.8) is 0 Å². The number of amides is 2. The topological polar surface area (TPSA) is 74.2 Å². The van der Waals surface area contributed by atoms with Crippen LogP contribution in [-0.4, -0.2) is 45.5 Å². The van der Waals surface area contributed by atoms with E-state index in [9.17, 15) is 4.79 Å². The van der Waals surface area contributed by atoms with Crippen LogP contribution in [0.4, 0.5) is 16.3 Å². The molecule has 0 saturated carbocycles. The minimum absolute atomic E-state index is 0.154. The van der Waals surface area contributed by atoms with Gasteiger partial charge in [-0.1, -0.05) is 11.6 Å². The minimum atomic E-state index is -0.154. The number of pyridine rings is 1. The number of aromatic nitrogens is 3. The second kappa shape index (κ2) is 7.07. The summed E-state index contributed by atoms with van der Waals surface area (Å²) >= 11 is 5.78. The first kappa shape index (κ1) is 17.0. The Labute approximate surface area is 157 Å². The van der Waals surface area contributed by atoms with Crippen molar-refractivity contribution in [2.24, 2.45) is 0 Å². The Morgan fingerprint density at radius 3 is 2.73 bits per heavy atom. The van der Waals surface area contributed by atoms with Gasteiger partial charge in [-0.3, -0.25) is 0 Å². The second-order valence-electron chi connectivity index (χ2n) is 6.69. The highest BCUT2D eigenvalue weighted by Crippen LogP contribution is 2.29. The molecule has 8 heteroatoms. The number of fused-ring (bicyclic) bond motifs is 1. The second-order valence-corrected chi connectivity index (χ2v) is 7.07. The summed E-state index contributed by atoms with van der Waals surface area (Å²) < 4.78 is 0. The van der Waals surface area contributed by atoms with Crippen LogP contribution in [0.15, 0.2) is 18.3 Å². The quantitative estimate of drug-likeness (QED) is 0.820. The van der Waals surface area contributed by atoms with E-state index in [0.29, 0.717) is 23.9 Å². The van der Waals surface area contributed by atoms with Crippen molar-refractivity contribution < 1.29 is 4.79 Å². The molecule has 1 N–H and O–H groups in total. The summed E-state index contributed by atoms with van der Waals surface area (Å²) in [5.41, 5.74) is 2.77. The van der Waals surface area contributed by atoms with Crippen LogP contribution in [-0.2, 0) is 13.0 Å². The first-order valence-corrected chi connectivity index (χ1v) is 9.27. The van der Waals surface area contributed by atoms with E-state index in [0.717, 1.165) is 36.8 Å². The number of carbonyl (C=O) groups is 1. The van der Waals surface area contributed by atoms with Gasteiger partial charge in [-0.05, 0) is 38.3 Å². The zero-order valence-corrected chi connectivity index (χ0v) is 15.5. The molecule has 0 aromatic carbocycles. The number of hydrogen-bond donors (Lipinski definition) is 1. The van der Waals surface area contributed by atoms with E-state index in [2.05, 4.69) is 25.2 Å². The summed E-state index contributed by atoms with van der Waals surface area (Å²) in [6, 6.07) is 3.24. The average molecular weight is 373 g/mol. The van der Waals surface area contributed by atoms with Gasteiger partial charge in [-0.2, -0.15) is 0 Å². The molecule has 4 heterocycles. The molecule has 0 bridgehead atoms. The van der Waals surface area contributed by atoms with Crippen LogP contribution < -0.4 is 10.2 Å². The summed E-state index contributed by atoms with van der Waals surface area (Å²) in [6.45, 7) is 5.16. The molecule has 0 atom stereocenters. The molecular weight excluding hydrogens is 352 g/mol. The van der Waals surface area contributed by atoms with E-state index in [-0.39, 0.29) is 6.03 Å². The maximum atomic E-state index is 12.6. The summed E-state index contributed by atoms with van der Waals surface area (Å²) in [7, 11) is 0. The van der Waals surface area contributed by atoms with Crippen LogP contribution in [0.5, 0.6) is 0 Å². The molecule has 2 aromatic rings. The number of halogens is 1. The lowest BCUT2D eigenvalue weighted by atomic mass is 10.1. The lowest BCUT2D eigenvalue weighted by Crippen LogP contribution is -2.40. The van der Waals surface area contributed by atoms with Crippen molar-refractivity contribution in [2.45, 2.75) is 32.7 Å². The average Bonchev–Trinajstić information content (AvgIpc) is 3.17. The Kier molecular flexibility index (Phi) is 4.63. The predicted molar refractivity (Wildman–Crippen MR) is 101 cm³/mol. The van der Waals surface area contributed by atoms with Crippen molar-refractivity contribution >= 4 is 29.1 Å². The molecule has 1 saturated heterocycles. The lowest BCUT2D eigenvalue weighted by Gasteiger charge is -2.31. The molecule has 0 aliphatic carbocycles. The third-order valence-corrected chi connectivity index (χ3v) is 5.05. The van der Waals surface area contributed by atoms with E-state index in [4.69, 9.17) is 11.6 Å². The van der Waals surface area contributed by atoms with Gasteiger partial charge < -0.3 is 15.1 Å². The molecule has 26 heavy (non-hydrogen) atoms. The number of hydrogen-bond acceptors (Lipinski definition) is 5. The fourth-order valence-electron chi connectivity index (χ4n) is 3.55. The molecule has 2 aromatic heterocycles. The first-order valence-electron chi connectivity index (χ1n) is 8.89. The van der Waals surface area contributed by atoms with Crippen molar-refractivity contribution in [1.29, 1.82) is 0 Å². The van der Waals surface area contributed by atoms with E-state index in [1.807, 2.05) is 6.92 Å². The SMILES string of the molecule is Cc1nc2c(c(N3CCCC3)n1)CCN(C(=O)Nc1ccc(Cl)nc1)C2. The number of urea groups is 1. The molecule has 2 amide bonds. The van der Waals surface area contributed by atoms with Gasteiger partial charge in [0.05, 0.1) is 24.1 Å². The van der Waals surface area contributed by atoms with E-state index in [1.165, 1.54) is 18.4 Å². The maximum Gasteiger partial charge on any atom is 0.322 e. The molecule has 0 spiro atoms. The van der Waals surface area contributed by atoms with Crippen molar-refractivity contribution in [3.05, 3.63) is 40.6 Å². The summed E-state index contributed by atoms with van der Waals surface area (Å²) in [5.74, 6) is 1.82. The van der Waals surface area contributed by atoms with Crippen molar-refractivity contribution in [2.75, 3.05) is 29.9 Å². The number of nitrogens with zero attached hydrogens (tertiary/aromatic N) is 5. The van der Waals surface area contributed by atoms with Gasteiger partial charge >= 0.3 is 6.03 Å². The standard InChI is InChI=1S/C18H21ClN6O/c1-12-21-15-11-25(18(26)23-13-4-5-16(19)20-10-13)9-6-14(15)17(22-12)24-7-2-3-8-24/h4-5,10H,2-3,6-9,11H2,1H3,(H,23,26). The fourth-order valence-corrected chi connectivity index (χ4v) is 3.66. The van der Waals surface area contributed by atoms with Crippen LogP contribution in [0.3, 0.4) is 0 Å². The van der Waals surface area contributed by atoms with Crippen molar-refractivity contribution in [1.82, 2.24) is 19.9 Å². The van der Waals surface area contributed by atoms with Gasteiger partial charge in [0.1, 0.15) is 16.8 Å². The highest BCUT2D eigenvalue weighted by molar-refractivity contribution is 6.29. The number of carbonyl (C=O) groups excluding carboxylic acids is 1. The van der Waals surface area contributed by atoms with Gasteiger partial charge in [0.2, 0.25) is 0 Å². The number of rotatable bonds is 2. The molecule has 2 aliphatic heterocycles. The largest absolute Gasteiger partial charge is 0.356 e. The first-order chi connectivity index (χ1) is 12.6. The van der Waals surface area contributed by atoms with Gasteiger partial charge in [-0.15, -0.1) is 0 Å². The number of aryl methyl sites for hydroxylation is 1. The van der Waals surface area contributed by atoms with E-state index in [1.54, 1.807) is 23.2 Å². The Hall–Kier alpha value is -2.41.